The summed E-state index contributed by atoms with van der Waals surface area (Å²) in [4.78, 5) is 32.6. The first kappa shape index (κ1) is 56.4. The summed E-state index contributed by atoms with van der Waals surface area (Å²) >= 11 is 0. The number of hydrogen-bond donors (Lipinski definition) is 7. The Morgan fingerprint density at radius 3 is 2.44 bits per heavy atom. The van der Waals surface area contributed by atoms with Crippen LogP contribution in [-0.2, 0) is 20.9 Å². The lowest BCUT2D eigenvalue weighted by Crippen LogP contribution is -2.74. The number of ether oxygens (including phenoxy) is 1. The number of benzene rings is 2. The highest BCUT2D eigenvalue weighted by Crippen LogP contribution is 2.82. The van der Waals surface area contributed by atoms with Gasteiger partial charge < -0.3 is 41.5 Å². The van der Waals surface area contributed by atoms with Crippen LogP contribution in [0.15, 0.2) is 53.6 Å². The summed E-state index contributed by atoms with van der Waals surface area (Å²) in [5.41, 5.74) is 9.72. The van der Waals surface area contributed by atoms with E-state index in [1.165, 1.54) is 11.1 Å². The molecule has 2 aliphatic heterocycles. The maximum absolute atomic E-state index is 16.6. The molecule has 8 N–H and O–H groups in total. The number of Topliss-reactive ketones (excluding diaryl/α,β-unsaturated/α-hetero) is 2. The summed E-state index contributed by atoms with van der Waals surface area (Å²) in [6.07, 6.45) is 17.4. The van der Waals surface area contributed by atoms with E-state index in [1.807, 2.05) is 32.2 Å². The Kier molecular flexibility index (Phi) is 14.7. The Morgan fingerprint density at radius 2 is 1.68 bits per heavy atom. The van der Waals surface area contributed by atoms with Gasteiger partial charge in [-0.05, 0) is 246 Å². The van der Waals surface area contributed by atoms with Crippen molar-refractivity contribution in [2.45, 2.75) is 225 Å². The predicted molar refractivity (Wildman–Crippen MR) is 312 cm³/mol. The van der Waals surface area contributed by atoms with Gasteiger partial charge in [0.25, 0.3) is 0 Å². The first-order valence-corrected chi connectivity index (χ1v) is 32.2. The zero-order valence-electron chi connectivity index (χ0n) is 49.6. The summed E-state index contributed by atoms with van der Waals surface area (Å²) < 4.78 is 6.89. The van der Waals surface area contributed by atoms with Gasteiger partial charge in [-0.1, -0.05) is 84.1 Å². The average molecular weight is 1080 g/mol. The topological polar surface area (TPSA) is 178 Å². The molecule has 21 unspecified atom stereocenters. The number of aromatic hydroxyl groups is 1. The molecular weight excluding hydrogens is 983 g/mol. The number of aliphatic hydroxyl groups is 3. The first-order valence-electron chi connectivity index (χ1n) is 32.2. The molecule has 1 spiro atoms. The molecule has 79 heavy (non-hydrogen) atoms. The van der Waals surface area contributed by atoms with Crippen molar-refractivity contribution in [2.24, 2.45) is 86.8 Å². The number of nitrogens with two attached hydrogens (primary N) is 1. The number of rotatable bonds is 12. The van der Waals surface area contributed by atoms with Crippen molar-refractivity contribution in [1.29, 1.82) is 0 Å². The van der Waals surface area contributed by atoms with Crippen LogP contribution in [0.5, 0.6) is 5.75 Å². The van der Waals surface area contributed by atoms with Crippen molar-refractivity contribution in [3.8, 4) is 5.75 Å². The number of nitrogens with one attached hydrogen (secondary N) is 2. The Bertz CT molecular complexity index is 2680. The number of phenols is 1. The molecule has 10 heteroatoms. The number of fused-ring (bicyclic) bond motifs is 2. The number of β-amino-alcohol motifs (C(OH)–C–C–N with tert-alkyl or cyclic N) is 1. The molecule has 0 amide bonds. The van der Waals surface area contributed by atoms with Crippen LogP contribution in [0.25, 0.3) is 0 Å². The predicted octanol–water partition coefficient (Wildman–Crippen LogP) is 12.0. The summed E-state index contributed by atoms with van der Waals surface area (Å²) in [6, 6.07) is 14.2. The molecule has 8 aliphatic carbocycles. The number of allylic oxidation sites excluding steroid dienone is 2. The highest BCUT2D eigenvalue weighted by Gasteiger charge is 2.78. The van der Waals surface area contributed by atoms with Crippen molar-refractivity contribution in [3.63, 3.8) is 0 Å². The molecule has 12 rings (SSSR count). The second-order valence-corrected chi connectivity index (χ2v) is 30.4. The van der Waals surface area contributed by atoms with Gasteiger partial charge in [0.2, 0.25) is 0 Å². The summed E-state index contributed by atoms with van der Waals surface area (Å²) in [7, 11) is 1.93. The van der Waals surface area contributed by atoms with E-state index in [0.29, 0.717) is 73.5 Å². The fraction of sp³-hybridized carbons (Fsp3) is 0.768. The van der Waals surface area contributed by atoms with Crippen LogP contribution < -0.4 is 16.4 Å². The monoisotopic (exact) mass is 1080 g/mol. The maximum Gasteiger partial charge on any atom is 0.163 e. The summed E-state index contributed by atoms with van der Waals surface area (Å²) in [6.45, 7) is 17.8. The Morgan fingerprint density at radius 1 is 0.886 bits per heavy atom. The average Bonchev–Trinajstić information content (AvgIpc) is 2.24. The number of aliphatic hydroxyl groups excluding tert-OH is 2. The molecule has 5 bridgehead atoms. The summed E-state index contributed by atoms with van der Waals surface area (Å²) in [5, 5.41) is 55.2. The Balaban J connectivity index is 1.02. The van der Waals surface area contributed by atoms with Crippen molar-refractivity contribution in [1.82, 2.24) is 10.6 Å². The zero-order valence-corrected chi connectivity index (χ0v) is 49.6. The quantitative estimate of drug-likeness (QED) is 0.0799. The van der Waals surface area contributed by atoms with Crippen LogP contribution in [0.2, 0.25) is 0 Å². The molecule has 8 fully saturated rings. The van der Waals surface area contributed by atoms with Crippen LogP contribution in [0.1, 0.15) is 205 Å². The minimum Gasteiger partial charge on any atom is -0.508 e. The maximum atomic E-state index is 16.6. The van der Waals surface area contributed by atoms with E-state index in [1.54, 1.807) is 0 Å². The third-order valence-corrected chi connectivity index (χ3v) is 25.7. The van der Waals surface area contributed by atoms with E-state index in [0.717, 1.165) is 132 Å². The fourth-order valence-corrected chi connectivity index (χ4v) is 22.7. The molecule has 6 saturated carbocycles. The lowest BCUT2D eigenvalue weighted by molar-refractivity contribution is -0.247. The van der Waals surface area contributed by atoms with E-state index in [9.17, 15) is 20.4 Å². The molecule has 21 atom stereocenters. The van der Waals surface area contributed by atoms with Crippen molar-refractivity contribution in [2.75, 3.05) is 25.9 Å². The Labute approximate surface area is 474 Å². The lowest BCUT2D eigenvalue weighted by Gasteiger charge is -2.76. The number of epoxide rings is 1. The normalized spacial score (nSPS) is 45.9. The standard InChI is InChI=1S/C69H101N3O7/c1-39(2)17-19-44-30-43-20-18-40(37-73)29-49(43)50(33-57(75)63-68(7,79-63)53-16-12-15-48(53)42-13-11-14-46(70)31-42)59-54-23-24-58-66(5)34-51(45-27-41(36-71-8)28-47(74)32-45)62(77)65(4)26-10-9-25-64(3,78)38-72-56(61(65)66)35-69(58)52(44)21-22-55(60(59)76)67(54,69)6/h11,13-14,27-28,31-32,39-40,43-44,48-53,55-58,61,63,71-75,78H,9-10,12,15-26,29-30,33-38,70H2,1-8H3. The van der Waals surface area contributed by atoms with Crippen LogP contribution in [0.4, 0.5) is 5.69 Å². The van der Waals surface area contributed by atoms with Crippen molar-refractivity contribution < 1.29 is 34.8 Å². The van der Waals surface area contributed by atoms with Crippen LogP contribution in [-0.4, -0.2) is 81.6 Å². The van der Waals surface area contributed by atoms with E-state index in [2.05, 4.69) is 76.4 Å². The number of carbonyl (C=O) groups is 2. The third-order valence-electron chi connectivity index (χ3n) is 25.7. The minimum atomic E-state index is -0.898. The first-order chi connectivity index (χ1) is 37.6. The molecule has 434 valence electrons. The minimum absolute atomic E-state index is 0.0173. The van der Waals surface area contributed by atoms with Crippen LogP contribution in [0.3, 0.4) is 0 Å². The number of ketones is 2. The number of carbonyl (C=O) groups excluding carboxylic acids is 2. The van der Waals surface area contributed by atoms with E-state index in [-0.39, 0.29) is 82.7 Å². The van der Waals surface area contributed by atoms with Gasteiger partial charge in [0.1, 0.15) is 17.6 Å². The molecule has 2 aromatic carbocycles. The van der Waals surface area contributed by atoms with Gasteiger partial charge in [-0.2, -0.15) is 0 Å². The van der Waals surface area contributed by atoms with E-state index < -0.39 is 28.1 Å². The number of phenolic OH excluding ortho intramolecular Hbond substituents is 1. The van der Waals surface area contributed by atoms with Gasteiger partial charge in [-0.25, -0.2) is 0 Å². The number of anilines is 1. The molecule has 2 saturated heterocycles. The molecule has 10 aliphatic rings. The fourth-order valence-electron chi connectivity index (χ4n) is 22.7. The lowest BCUT2D eigenvalue weighted by atomic mass is 9.28. The number of nitrogen functional groups attached to an aromatic ring is 1. The van der Waals surface area contributed by atoms with Crippen molar-refractivity contribution in [3.05, 3.63) is 70.3 Å². The molecule has 10 nitrogen and oxygen atoms in total. The van der Waals surface area contributed by atoms with Crippen molar-refractivity contribution >= 4 is 17.3 Å². The van der Waals surface area contributed by atoms with Crippen LogP contribution in [0, 0.1) is 86.8 Å². The van der Waals surface area contributed by atoms with E-state index >= 15 is 9.59 Å². The number of hydrogen-bond acceptors (Lipinski definition) is 10. The third kappa shape index (κ3) is 8.94. The molecule has 2 aromatic rings. The second-order valence-electron chi connectivity index (χ2n) is 30.4. The summed E-state index contributed by atoms with van der Waals surface area (Å²) in [5.74, 6) is 3.05. The zero-order chi connectivity index (χ0) is 55.8. The van der Waals surface area contributed by atoms with Crippen LogP contribution >= 0.6 is 0 Å². The molecule has 0 radical (unpaired) electrons. The largest absolute Gasteiger partial charge is 0.508 e. The highest BCUT2D eigenvalue weighted by atomic mass is 16.6. The Hall–Kier alpha value is -3.12. The van der Waals surface area contributed by atoms with Gasteiger partial charge in [0.05, 0.1) is 17.3 Å². The van der Waals surface area contributed by atoms with Gasteiger partial charge >= 0.3 is 0 Å². The van der Waals surface area contributed by atoms with E-state index in [4.69, 9.17) is 10.5 Å². The highest BCUT2D eigenvalue weighted by molar-refractivity contribution is 6.03. The van der Waals surface area contributed by atoms with Gasteiger partial charge in [0, 0.05) is 54.1 Å². The molecular formula is C69H101N3O7. The SMILES string of the molecule is CNCc1cc(O)cc(C2CC3(C)C4C(CC56C7CCC8C(=O)C(=C(CCC35)C86C)C(CC(O)C3OC3(C)C3CCCC3c3cccc(N)c3)C3CC(CO)CCC3CC7CCC(C)C)NCC(C)(O)CCCCC4(C)C2=O)c1. The smallest absolute Gasteiger partial charge is 0.163 e. The van der Waals surface area contributed by atoms with Gasteiger partial charge in [-0.3, -0.25) is 9.59 Å². The van der Waals surface area contributed by atoms with Gasteiger partial charge in [0.15, 0.2) is 5.78 Å². The molecule has 0 aromatic heterocycles. The molecule has 2 heterocycles. The second kappa shape index (κ2) is 20.6. The van der Waals surface area contributed by atoms with Gasteiger partial charge in [-0.15, -0.1) is 0 Å².